The molecule has 2 N–H and O–H groups in total. The first-order chi connectivity index (χ1) is 9.22. The Morgan fingerprint density at radius 1 is 1.37 bits per heavy atom. The van der Waals surface area contributed by atoms with E-state index in [4.69, 9.17) is 0 Å². The Morgan fingerprint density at radius 3 is 3.05 bits per heavy atom. The number of carbonyl (C=O) groups excluding carboxylic acids is 1. The fourth-order valence-corrected chi connectivity index (χ4v) is 3.07. The lowest BCUT2D eigenvalue weighted by Gasteiger charge is -2.24. The molecule has 0 fully saturated rings. The van der Waals surface area contributed by atoms with Crippen molar-refractivity contribution < 1.29 is 4.79 Å². The van der Waals surface area contributed by atoms with Crippen LogP contribution in [0.3, 0.4) is 0 Å². The van der Waals surface area contributed by atoms with Crippen molar-refractivity contribution in [3.05, 3.63) is 56.1 Å². The number of nitrogens with one attached hydrogen (secondary N) is 2. The van der Waals surface area contributed by atoms with Gasteiger partial charge in [0.25, 0.3) is 5.91 Å². The van der Waals surface area contributed by atoms with E-state index in [0.717, 1.165) is 36.1 Å². The van der Waals surface area contributed by atoms with Crippen molar-refractivity contribution in [2.75, 3.05) is 0 Å². The van der Waals surface area contributed by atoms with Crippen molar-refractivity contribution in [1.82, 2.24) is 10.3 Å². The molecule has 2 heterocycles. The summed E-state index contributed by atoms with van der Waals surface area (Å²) in [4.78, 5) is 26.1. The van der Waals surface area contributed by atoms with Crippen molar-refractivity contribution in [3.8, 4) is 0 Å². The maximum Gasteiger partial charge on any atom is 0.252 e. The van der Waals surface area contributed by atoms with Crippen LogP contribution in [0.1, 0.15) is 28.0 Å². The molecule has 98 valence electrons. The minimum atomic E-state index is -0.0560. The minimum Gasteiger partial charge on any atom is -0.349 e. The molecule has 0 aliphatic heterocycles. The number of fused-ring (bicyclic) bond motifs is 1. The summed E-state index contributed by atoms with van der Waals surface area (Å²) in [5.41, 5.74) is 2.80. The van der Waals surface area contributed by atoms with Crippen LogP contribution in [0.5, 0.6) is 0 Å². The summed E-state index contributed by atoms with van der Waals surface area (Å²) >= 11 is 1.52. The van der Waals surface area contributed by atoms with Crippen LogP contribution in [0.4, 0.5) is 0 Å². The van der Waals surface area contributed by atoms with Crippen molar-refractivity contribution >= 4 is 17.2 Å². The van der Waals surface area contributed by atoms with E-state index in [1.165, 1.54) is 11.3 Å². The zero-order chi connectivity index (χ0) is 13.2. The second kappa shape index (κ2) is 5.01. The van der Waals surface area contributed by atoms with E-state index in [1.807, 2.05) is 22.9 Å². The Morgan fingerprint density at radius 2 is 2.26 bits per heavy atom. The van der Waals surface area contributed by atoms with Gasteiger partial charge in [0, 0.05) is 28.7 Å². The van der Waals surface area contributed by atoms with Gasteiger partial charge in [0.05, 0.1) is 0 Å². The average molecular weight is 274 g/mol. The monoisotopic (exact) mass is 274 g/mol. The molecule has 2 aromatic rings. The number of thiophene rings is 1. The standard InChI is InChI=1S/C14H14N2O2S/c17-13-4-1-9-7-11(2-3-12(9)16-13)15-14(18)10-5-6-19-8-10/h1,4-6,8,11H,2-3,7H2,(H,15,18)(H,16,17)/t11-/m0/s1. The first-order valence-corrected chi connectivity index (χ1v) is 7.21. The van der Waals surface area contributed by atoms with Crippen LogP contribution >= 0.6 is 11.3 Å². The third-order valence-corrected chi connectivity index (χ3v) is 4.11. The number of aryl methyl sites for hydroxylation is 1. The van der Waals surface area contributed by atoms with E-state index in [9.17, 15) is 9.59 Å². The SMILES string of the molecule is O=C(N[C@H]1CCc2[nH]c(=O)ccc2C1)c1ccsc1. The third-order valence-electron chi connectivity index (χ3n) is 3.43. The summed E-state index contributed by atoms with van der Waals surface area (Å²) in [5.74, 6) is -0.0147. The van der Waals surface area contributed by atoms with Gasteiger partial charge in [-0.1, -0.05) is 6.07 Å². The zero-order valence-corrected chi connectivity index (χ0v) is 11.1. The fourth-order valence-electron chi connectivity index (χ4n) is 2.43. The molecule has 4 nitrogen and oxygen atoms in total. The number of pyridine rings is 1. The second-order valence-electron chi connectivity index (χ2n) is 4.75. The van der Waals surface area contributed by atoms with E-state index < -0.39 is 0 Å². The van der Waals surface area contributed by atoms with Gasteiger partial charge in [0.2, 0.25) is 5.56 Å². The maximum atomic E-state index is 12.0. The zero-order valence-electron chi connectivity index (χ0n) is 10.3. The van der Waals surface area contributed by atoms with Gasteiger partial charge in [0.1, 0.15) is 0 Å². The lowest BCUT2D eigenvalue weighted by molar-refractivity contribution is 0.0934. The molecule has 5 heteroatoms. The summed E-state index contributed by atoms with van der Waals surface area (Å²) in [6, 6.07) is 5.37. The lowest BCUT2D eigenvalue weighted by atomic mass is 9.92. The summed E-state index contributed by atoms with van der Waals surface area (Å²) in [6.45, 7) is 0. The van der Waals surface area contributed by atoms with Crippen LogP contribution < -0.4 is 10.9 Å². The Bertz CT molecular complexity index is 646. The largest absolute Gasteiger partial charge is 0.349 e. The van der Waals surface area contributed by atoms with Crippen molar-refractivity contribution in [1.29, 1.82) is 0 Å². The molecule has 19 heavy (non-hydrogen) atoms. The normalized spacial score (nSPS) is 17.8. The van der Waals surface area contributed by atoms with Gasteiger partial charge in [-0.3, -0.25) is 9.59 Å². The van der Waals surface area contributed by atoms with Crippen molar-refractivity contribution in [2.24, 2.45) is 0 Å². The molecule has 0 spiro atoms. The summed E-state index contributed by atoms with van der Waals surface area (Å²) in [5, 5.41) is 6.80. The number of H-pyrrole nitrogens is 1. The lowest BCUT2D eigenvalue weighted by Crippen LogP contribution is -2.39. The highest BCUT2D eigenvalue weighted by atomic mass is 32.1. The summed E-state index contributed by atoms with van der Waals surface area (Å²) in [7, 11) is 0. The number of hydrogen-bond acceptors (Lipinski definition) is 3. The van der Waals surface area contributed by atoms with E-state index in [2.05, 4.69) is 10.3 Å². The molecule has 1 atom stereocenters. The molecule has 0 saturated heterocycles. The number of amides is 1. The van der Waals surface area contributed by atoms with E-state index in [0.29, 0.717) is 0 Å². The quantitative estimate of drug-likeness (QED) is 0.876. The predicted molar refractivity (Wildman–Crippen MR) is 74.7 cm³/mol. The molecule has 0 bridgehead atoms. The Balaban J connectivity index is 1.71. The topological polar surface area (TPSA) is 62.0 Å². The minimum absolute atomic E-state index is 0.0147. The van der Waals surface area contributed by atoms with Crippen LogP contribution in [0, 0.1) is 0 Å². The number of rotatable bonds is 2. The fraction of sp³-hybridized carbons (Fsp3) is 0.286. The van der Waals surface area contributed by atoms with Gasteiger partial charge in [0.15, 0.2) is 0 Å². The molecule has 0 aromatic carbocycles. The van der Waals surface area contributed by atoms with Crippen LogP contribution in [-0.4, -0.2) is 16.9 Å². The third kappa shape index (κ3) is 2.61. The van der Waals surface area contributed by atoms with Crippen LogP contribution in [0.25, 0.3) is 0 Å². The van der Waals surface area contributed by atoms with Crippen LogP contribution in [-0.2, 0) is 12.8 Å². The highest BCUT2D eigenvalue weighted by molar-refractivity contribution is 7.08. The van der Waals surface area contributed by atoms with Crippen molar-refractivity contribution in [3.63, 3.8) is 0 Å². The Kier molecular flexibility index (Phi) is 3.21. The van der Waals surface area contributed by atoms with Gasteiger partial charge in [-0.25, -0.2) is 0 Å². The smallest absolute Gasteiger partial charge is 0.252 e. The number of aromatic nitrogens is 1. The van der Waals surface area contributed by atoms with Crippen molar-refractivity contribution in [2.45, 2.75) is 25.3 Å². The van der Waals surface area contributed by atoms with Crippen LogP contribution in [0.2, 0.25) is 0 Å². The van der Waals surface area contributed by atoms with E-state index in [-0.39, 0.29) is 17.5 Å². The molecule has 2 aromatic heterocycles. The van der Waals surface area contributed by atoms with E-state index >= 15 is 0 Å². The molecule has 0 radical (unpaired) electrons. The van der Waals surface area contributed by atoms with Gasteiger partial charge in [-0.05, 0) is 36.3 Å². The molecule has 1 aliphatic rings. The highest BCUT2D eigenvalue weighted by Crippen LogP contribution is 2.18. The summed E-state index contributed by atoms with van der Waals surface area (Å²) in [6.07, 6.45) is 2.45. The van der Waals surface area contributed by atoms with E-state index in [1.54, 1.807) is 6.07 Å². The molecule has 0 saturated carbocycles. The molecule has 3 rings (SSSR count). The van der Waals surface area contributed by atoms with Gasteiger partial charge in [-0.2, -0.15) is 11.3 Å². The molecular weight excluding hydrogens is 260 g/mol. The van der Waals surface area contributed by atoms with Gasteiger partial charge in [-0.15, -0.1) is 0 Å². The Labute approximate surface area is 114 Å². The number of aromatic amines is 1. The first kappa shape index (κ1) is 12.2. The van der Waals surface area contributed by atoms with Gasteiger partial charge < -0.3 is 10.3 Å². The molecule has 1 aliphatic carbocycles. The molecular formula is C14H14N2O2S. The number of carbonyl (C=O) groups is 1. The maximum absolute atomic E-state index is 12.0. The second-order valence-corrected chi connectivity index (χ2v) is 5.53. The Hall–Kier alpha value is -1.88. The average Bonchev–Trinajstić information content (AvgIpc) is 2.93. The first-order valence-electron chi connectivity index (χ1n) is 6.26. The predicted octanol–water partition coefficient (Wildman–Crippen LogP) is 1.72. The summed E-state index contributed by atoms with van der Waals surface area (Å²) < 4.78 is 0. The van der Waals surface area contributed by atoms with Crippen LogP contribution in [0.15, 0.2) is 33.8 Å². The highest BCUT2D eigenvalue weighted by Gasteiger charge is 2.21. The molecule has 0 unspecified atom stereocenters. The molecule has 1 amide bonds. The number of hydrogen-bond donors (Lipinski definition) is 2. The van der Waals surface area contributed by atoms with Gasteiger partial charge >= 0.3 is 0 Å².